The Labute approximate surface area is 152 Å². The molecular weight excluding hydrogens is 358 g/mol. The van der Waals surface area contributed by atoms with Gasteiger partial charge < -0.3 is 10.3 Å². The van der Waals surface area contributed by atoms with Crippen LogP contribution in [0.4, 0.5) is 13.9 Å². The first kappa shape index (κ1) is 16.8. The standard InChI is InChI=1S/C18H16F2N4OS/c19-13-5-4-10(7-14(13)20)6-11-8-21-18(26-11)24-17(25)12-2-1-3-15-16(12)23-9-22-15/h4-5,7-9,12H,1-3,6H2,(H,22,23)(H,21,24,25). The van der Waals surface area contributed by atoms with E-state index in [2.05, 4.69) is 20.3 Å². The molecule has 0 aliphatic heterocycles. The van der Waals surface area contributed by atoms with Crippen LogP contribution in [0.1, 0.15) is 40.6 Å². The molecule has 0 saturated carbocycles. The number of rotatable bonds is 4. The summed E-state index contributed by atoms with van der Waals surface area (Å²) in [7, 11) is 0. The van der Waals surface area contributed by atoms with Gasteiger partial charge in [0.2, 0.25) is 5.91 Å². The molecule has 8 heteroatoms. The number of thiazole rings is 1. The minimum atomic E-state index is -0.868. The first-order chi connectivity index (χ1) is 12.6. The van der Waals surface area contributed by atoms with Crippen LogP contribution in [0.2, 0.25) is 0 Å². The number of nitrogens with one attached hydrogen (secondary N) is 2. The number of imidazole rings is 1. The molecule has 2 N–H and O–H groups in total. The number of carbonyl (C=O) groups is 1. The van der Waals surface area contributed by atoms with Crippen molar-refractivity contribution in [1.82, 2.24) is 15.0 Å². The summed E-state index contributed by atoms with van der Waals surface area (Å²) in [4.78, 5) is 25.0. The number of fused-ring (bicyclic) bond motifs is 1. The molecule has 1 amide bonds. The molecule has 4 rings (SSSR count). The van der Waals surface area contributed by atoms with Crippen LogP contribution in [-0.4, -0.2) is 20.9 Å². The smallest absolute Gasteiger partial charge is 0.235 e. The zero-order chi connectivity index (χ0) is 18.1. The van der Waals surface area contributed by atoms with E-state index < -0.39 is 11.6 Å². The zero-order valence-electron chi connectivity index (χ0n) is 13.8. The summed E-state index contributed by atoms with van der Waals surface area (Å²) in [5, 5.41) is 3.35. The van der Waals surface area contributed by atoms with Crippen molar-refractivity contribution >= 4 is 22.4 Å². The second-order valence-corrected chi connectivity index (χ2v) is 7.37. The van der Waals surface area contributed by atoms with Gasteiger partial charge in [0.15, 0.2) is 16.8 Å². The van der Waals surface area contributed by atoms with Crippen LogP contribution < -0.4 is 5.32 Å². The Balaban J connectivity index is 1.44. The van der Waals surface area contributed by atoms with Crippen LogP contribution in [0.25, 0.3) is 0 Å². The maximum Gasteiger partial charge on any atom is 0.235 e. The van der Waals surface area contributed by atoms with Gasteiger partial charge in [-0.2, -0.15) is 0 Å². The Morgan fingerprint density at radius 1 is 1.31 bits per heavy atom. The van der Waals surface area contributed by atoms with Crippen molar-refractivity contribution in [2.24, 2.45) is 0 Å². The van der Waals surface area contributed by atoms with Crippen LogP contribution in [0.3, 0.4) is 0 Å². The van der Waals surface area contributed by atoms with E-state index in [0.29, 0.717) is 17.1 Å². The van der Waals surface area contributed by atoms with Crippen molar-refractivity contribution in [3.8, 4) is 0 Å². The molecule has 0 bridgehead atoms. The van der Waals surface area contributed by atoms with Gasteiger partial charge >= 0.3 is 0 Å². The Bertz CT molecular complexity index is 952. The number of aryl methyl sites for hydroxylation is 1. The predicted octanol–water partition coefficient (Wildman–Crippen LogP) is 3.79. The summed E-state index contributed by atoms with van der Waals surface area (Å²) in [6, 6.07) is 3.82. The average molecular weight is 374 g/mol. The normalized spacial score (nSPS) is 16.3. The lowest BCUT2D eigenvalue weighted by atomic mass is 9.89. The van der Waals surface area contributed by atoms with Crippen molar-refractivity contribution < 1.29 is 13.6 Å². The highest BCUT2D eigenvalue weighted by atomic mass is 32.1. The lowest BCUT2D eigenvalue weighted by molar-refractivity contribution is -0.118. The summed E-state index contributed by atoms with van der Waals surface area (Å²) < 4.78 is 26.3. The number of H-pyrrole nitrogens is 1. The molecule has 134 valence electrons. The Morgan fingerprint density at radius 3 is 3.04 bits per heavy atom. The van der Waals surface area contributed by atoms with Crippen LogP contribution >= 0.6 is 11.3 Å². The van der Waals surface area contributed by atoms with Crippen molar-refractivity contribution in [3.63, 3.8) is 0 Å². The van der Waals surface area contributed by atoms with E-state index in [1.54, 1.807) is 12.5 Å². The first-order valence-electron chi connectivity index (χ1n) is 8.32. The minimum Gasteiger partial charge on any atom is -0.348 e. The molecule has 2 heterocycles. The number of amides is 1. The molecule has 1 aromatic carbocycles. The highest BCUT2D eigenvalue weighted by molar-refractivity contribution is 7.15. The van der Waals surface area contributed by atoms with E-state index in [4.69, 9.17) is 0 Å². The van der Waals surface area contributed by atoms with Gasteiger partial charge in [-0.05, 0) is 37.0 Å². The Kier molecular flexibility index (Phi) is 4.50. The summed E-state index contributed by atoms with van der Waals surface area (Å²) in [6.45, 7) is 0. The SMILES string of the molecule is O=C(Nc1ncc(Cc2ccc(F)c(F)c2)s1)C1CCCc2[nH]cnc21. The van der Waals surface area contributed by atoms with Gasteiger partial charge in [-0.25, -0.2) is 18.7 Å². The van der Waals surface area contributed by atoms with Crippen molar-refractivity contribution in [2.45, 2.75) is 31.6 Å². The molecule has 3 aromatic rings. The summed E-state index contributed by atoms with van der Waals surface area (Å²) >= 11 is 1.33. The van der Waals surface area contributed by atoms with Crippen molar-refractivity contribution in [1.29, 1.82) is 0 Å². The van der Waals surface area contributed by atoms with Gasteiger partial charge in [0.25, 0.3) is 0 Å². The van der Waals surface area contributed by atoms with E-state index in [1.165, 1.54) is 23.5 Å². The fourth-order valence-electron chi connectivity index (χ4n) is 3.20. The number of aromatic nitrogens is 3. The molecular formula is C18H16F2N4OS. The fraction of sp³-hybridized carbons (Fsp3) is 0.278. The summed E-state index contributed by atoms with van der Waals surface area (Å²) in [6.07, 6.45) is 6.30. The van der Waals surface area contributed by atoms with E-state index >= 15 is 0 Å². The molecule has 1 aliphatic rings. The topological polar surface area (TPSA) is 70.7 Å². The van der Waals surface area contributed by atoms with Crippen LogP contribution in [0, 0.1) is 11.6 Å². The third-order valence-electron chi connectivity index (χ3n) is 4.46. The molecule has 2 aromatic heterocycles. The number of anilines is 1. The van der Waals surface area contributed by atoms with Crippen molar-refractivity contribution in [2.75, 3.05) is 5.32 Å². The first-order valence-corrected chi connectivity index (χ1v) is 9.13. The minimum absolute atomic E-state index is 0.119. The van der Waals surface area contributed by atoms with E-state index in [9.17, 15) is 13.6 Å². The number of nitrogens with zero attached hydrogens (tertiary/aromatic N) is 2. The van der Waals surface area contributed by atoms with Gasteiger partial charge in [0.05, 0.1) is 17.9 Å². The van der Waals surface area contributed by atoms with Gasteiger partial charge in [0.1, 0.15) is 0 Å². The molecule has 1 atom stereocenters. The molecule has 5 nitrogen and oxygen atoms in total. The summed E-state index contributed by atoms with van der Waals surface area (Å²) in [5.41, 5.74) is 2.49. The third kappa shape index (κ3) is 3.37. The van der Waals surface area contributed by atoms with E-state index in [-0.39, 0.29) is 11.8 Å². The van der Waals surface area contributed by atoms with Crippen molar-refractivity contribution in [3.05, 3.63) is 64.2 Å². The largest absolute Gasteiger partial charge is 0.348 e. The highest BCUT2D eigenvalue weighted by Crippen LogP contribution is 2.31. The second-order valence-electron chi connectivity index (χ2n) is 6.26. The van der Waals surface area contributed by atoms with Gasteiger partial charge in [0, 0.05) is 23.2 Å². The highest BCUT2D eigenvalue weighted by Gasteiger charge is 2.29. The molecule has 26 heavy (non-hydrogen) atoms. The molecule has 1 unspecified atom stereocenters. The molecule has 0 saturated heterocycles. The molecule has 0 spiro atoms. The Hall–Kier alpha value is -2.61. The molecule has 1 aliphatic carbocycles. The zero-order valence-corrected chi connectivity index (χ0v) is 14.6. The number of hydrogen-bond acceptors (Lipinski definition) is 4. The molecule has 0 fully saturated rings. The lowest BCUT2D eigenvalue weighted by Gasteiger charge is -2.19. The van der Waals surface area contributed by atoms with Gasteiger partial charge in [-0.1, -0.05) is 6.07 Å². The number of carbonyl (C=O) groups excluding carboxylic acids is 1. The van der Waals surface area contributed by atoms with Crippen LogP contribution in [-0.2, 0) is 17.6 Å². The monoisotopic (exact) mass is 374 g/mol. The number of aromatic amines is 1. The second kappa shape index (κ2) is 6.95. The average Bonchev–Trinajstić information content (AvgIpc) is 3.27. The third-order valence-corrected chi connectivity index (χ3v) is 5.38. The number of benzene rings is 1. The van der Waals surface area contributed by atoms with Gasteiger partial charge in [-0.15, -0.1) is 11.3 Å². The Morgan fingerprint density at radius 2 is 2.19 bits per heavy atom. The van der Waals surface area contributed by atoms with Crippen LogP contribution in [0.5, 0.6) is 0 Å². The maximum absolute atomic E-state index is 13.3. The van der Waals surface area contributed by atoms with E-state index in [1.807, 2.05) is 0 Å². The lowest BCUT2D eigenvalue weighted by Crippen LogP contribution is -2.24. The number of halogens is 2. The van der Waals surface area contributed by atoms with E-state index in [0.717, 1.165) is 41.6 Å². The molecule has 0 radical (unpaired) electrons. The predicted molar refractivity (Wildman–Crippen MR) is 94.2 cm³/mol. The van der Waals surface area contributed by atoms with Crippen LogP contribution in [0.15, 0.2) is 30.7 Å². The quantitative estimate of drug-likeness (QED) is 0.730. The number of hydrogen-bond donors (Lipinski definition) is 2. The fourth-order valence-corrected chi connectivity index (χ4v) is 4.05. The maximum atomic E-state index is 13.3. The summed E-state index contributed by atoms with van der Waals surface area (Å²) in [5.74, 6) is -2.13. The van der Waals surface area contributed by atoms with Gasteiger partial charge in [-0.3, -0.25) is 4.79 Å².